The zero-order valence-corrected chi connectivity index (χ0v) is 11.9. The minimum Gasteiger partial charge on any atom is -0.481 e. The monoisotopic (exact) mass is 261 g/mol. The highest BCUT2D eigenvalue weighted by molar-refractivity contribution is 7.98. The quantitative estimate of drug-likeness (QED) is 0.543. The highest BCUT2D eigenvalue weighted by Gasteiger charge is 2.37. The molecular formula is C12H23NO3S. The number of amides is 1. The molecule has 0 bridgehead atoms. The topological polar surface area (TPSA) is 66.4 Å². The number of rotatable bonds is 7. The summed E-state index contributed by atoms with van der Waals surface area (Å²) < 4.78 is 0. The van der Waals surface area contributed by atoms with E-state index in [1.165, 1.54) is 0 Å². The van der Waals surface area contributed by atoms with Crippen molar-refractivity contribution in [1.29, 1.82) is 0 Å². The fourth-order valence-electron chi connectivity index (χ4n) is 1.56. The Morgan fingerprint density at radius 3 is 2.29 bits per heavy atom. The van der Waals surface area contributed by atoms with Gasteiger partial charge in [0.05, 0.1) is 0 Å². The predicted octanol–water partition coefficient (Wildman–Crippen LogP) is 1.99. The molecule has 0 aromatic rings. The van der Waals surface area contributed by atoms with E-state index in [1.54, 1.807) is 32.5 Å². The van der Waals surface area contributed by atoms with Crippen LogP contribution in [-0.4, -0.2) is 35.5 Å². The third-order valence-corrected chi connectivity index (χ3v) is 3.15. The lowest BCUT2D eigenvalue weighted by Gasteiger charge is -2.25. The van der Waals surface area contributed by atoms with Crippen LogP contribution < -0.4 is 5.32 Å². The molecule has 0 radical (unpaired) electrons. The summed E-state index contributed by atoms with van der Waals surface area (Å²) >= 11 is 1.77. The summed E-state index contributed by atoms with van der Waals surface area (Å²) in [5.41, 5.74) is -0.560. The number of carboxylic acid groups (broad SMARTS) is 1. The van der Waals surface area contributed by atoms with E-state index in [0.29, 0.717) is 6.54 Å². The number of hydrogen-bond acceptors (Lipinski definition) is 3. The number of carbonyl (C=O) groups excluding carboxylic acids is 1. The molecule has 0 aliphatic heterocycles. The molecule has 0 aliphatic rings. The van der Waals surface area contributed by atoms with Crippen LogP contribution in [0.5, 0.6) is 0 Å². The van der Waals surface area contributed by atoms with Gasteiger partial charge in [-0.05, 0) is 30.3 Å². The molecule has 0 spiro atoms. The van der Waals surface area contributed by atoms with Crippen LogP contribution in [0.3, 0.4) is 0 Å². The van der Waals surface area contributed by atoms with Gasteiger partial charge >= 0.3 is 5.97 Å². The number of nitrogens with one attached hydrogen (secondary N) is 1. The van der Waals surface area contributed by atoms with Gasteiger partial charge < -0.3 is 10.4 Å². The first kappa shape index (κ1) is 16.3. The normalized spacial score (nSPS) is 13.2. The standard InChI is InChI=1S/C12H23NO3S/c1-12(2,3)9(11(15)16)10(14)13-7-5-6-8-17-4/h9H,5-8H2,1-4H3,(H,13,14)(H,15,16). The van der Waals surface area contributed by atoms with Gasteiger partial charge in [-0.25, -0.2) is 0 Å². The second kappa shape index (κ2) is 7.58. The van der Waals surface area contributed by atoms with Crippen molar-refractivity contribution in [2.75, 3.05) is 18.6 Å². The summed E-state index contributed by atoms with van der Waals surface area (Å²) in [6, 6.07) is 0. The summed E-state index contributed by atoms with van der Waals surface area (Å²) in [5, 5.41) is 11.8. The van der Waals surface area contributed by atoms with Crippen LogP contribution in [0, 0.1) is 11.3 Å². The van der Waals surface area contributed by atoms with Crippen LogP contribution in [0.2, 0.25) is 0 Å². The first-order valence-electron chi connectivity index (χ1n) is 5.80. The maximum Gasteiger partial charge on any atom is 0.316 e. The molecule has 100 valence electrons. The van der Waals surface area contributed by atoms with Gasteiger partial charge in [-0.2, -0.15) is 11.8 Å². The van der Waals surface area contributed by atoms with Crippen molar-refractivity contribution < 1.29 is 14.7 Å². The smallest absolute Gasteiger partial charge is 0.316 e. The summed E-state index contributed by atoms with van der Waals surface area (Å²) in [5.74, 6) is -1.35. The number of carboxylic acids is 1. The Hall–Kier alpha value is -0.710. The van der Waals surface area contributed by atoms with Crippen molar-refractivity contribution in [2.45, 2.75) is 33.6 Å². The largest absolute Gasteiger partial charge is 0.481 e. The maximum atomic E-state index is 11.8. The zero-order chi connectivity index (χ0) is 13.5. The van der Waals surface area contributed by atoms with Gasteiger partial charge in [0.2, 0.25) is 5.91 Å². The molecular weight excluding hydrogens is 238 g/mol. The van der Waals surface area contributed by atoms with Gasteiger partial charge in [-0.15, -0.1) is 0 Å². The average Bonchev–Trinajstić information content (AvgIpc) is 2.14. The van der Waals surface area contributed by atoms with E-state index in [1.807, 2.05) is 6.26 Å². The molecule has 17 heavy (non-hydrogen) atoms. The number of carbonyl (C=O) groups is 2. The molecule has 1 amide bonds. The molecule has 0 aromatic carbocycles. The molecule has 0 rings (SSSR count). The van der Waals surface area contributed by atoms with Crippen molar-refractivity contribution >= 4 is 23.6 Å². The van der Waals surface area contributed by atoms with Crippen molar-refractivity contribution in [3.63, 3.8) is 0 Å². The Labute approximate surface area is 108 Å². The van der Waals surface area contributed by atoms with E-state index in [2.05, 4.69) is 5.32 Å². The highest BCUT2D eigenvalue weighted by Crippen LogP contribution is 2.26. The molecule has 0 saturated heterocycles. The molecule has 4 nitrogen and oxygen atoms in total. The van der Waals surface area contributed by atoms with Crippen LogP contribution in [0.25, 0.3) is 0 Å². The lowest BCUT2D eigenvalue weighted by molar-refractivity contribution is -0.151. The van der Waals surface area contributed by atoms with Crippen LogP contribution in [0.4, 0.5) is 0 Å². The van der Waals surface area contributed by atoms with E-state index in [0.717, 1.165) is 18.6 Å². The van der Waals surface area contributed by atoms with Crippen molar-refractivity contribution in [3.8, 4) is 0 Å². The Kier molecular flexibility index (Phi) is 7.27. The van der Waals surface area contributed by atoms with Gasteiger partial charge in [0.25, 0.3) is 0 Å². The fraction of sp³-hybridized carbons (Fsp3) is 0.833. The third kappa shape index (κ3) is 6.56. The number of thioether (sulfide) groups is 1. The van der Waals surface area contributed by atoms with E-state index in [-0.39, 0.29) is 5.91 Å². The number of hydrogen-bond donors (Lipinski definition) is 2. The van der Waals surface area contributed by atoms with E-state index in [9.17, 15) is 9.59 Å². The Morgan fingerprint density at radius 1 is 1.29 bits per heavy atom. The molecule has 1 unspecified atom stereocenters. The predicted molar refractivity (Wildman–Crippen MR) is 71.2 cm³/mol. The van der Waals surface area contributed by atoms with Crippen molar-refractivity contribution in [1.82, 2.24) is 5.32 Å². The molecule has 0 saturated carbocycles. The first-order chi connectivity index (χ1) is 7.80. The second-order valence-electron chi connectivity index (χ2n) is 5.13. The SMILES string of the molecule is CSCCCCNC(=O)C(C(=O)O)C(C)(C)C. The first-order valence-corrected chi connectivity index (χ1v) is 7.19. The second-order valence-corrected chi connectivity index (χ2v) is 6.11. The Bertz CT molecular complexity index is 261. The van der Waals surface area contributed by atoms with Gasteiger partial charge in [0.1, 0.15) is 5.92 Å². The molecule has 5 heteroatoms. The summed E-state index contributed by atoms with van der Waals surface area (Å²) in [6.45, 7) is 5.84. The summed E-state index contributed by atoms with van der Waals surface area (Å²) in [6.07, 6.45) is 3.97. The molecule has 0 aliphatic carbocycles. The average molecular weight is 261 g/mol. The Morgan fingerprint density at radius 2 is 1.88 bits per heavy atom. The summed E-state index contributed by atoms with van der Waals surface area (Å²) in [4.78, 5) is 22.8. The van der Waals surface area contributed by atoms with Gasteiger partial charge in [0, 0.05) is 6.54 Å². The van der Waals surface area contributed by atoms with Crippen molar-refractivity contribution in [2.24, 2.45) is 11.3 Å². The maximum absolute atomic E-state index is 11.8. The molecule has 0 fully saturated rings. The minimum atomic E-state index is -1.06. The lowest BCUT2D eigenvalue weighted by Crippen LogP contribution is -2.43. The van der Waals surface area contributed by atoms with Gasteiger partial charge in [-0.1, -0.05) is 20.8 Å². The highest BCUT2D eigenvalue weighted by atomic mass is 32.2. The third-order valence-electron chi connectivity index (χ3n) is 2.45. The summed E-state index contributed by atoms with van der Waals surface area (Å²) in [7, 11) is 0. The number of unbranched alkanes of at least 4 members (excludes halogenated alkanes) is 1. The lowest BCUT2D eigenvalue weighted by atomic mass is 9.80. The fourth-order valence-corrected chi connectivity index (χ4v) is 2.05. The van der Waals surface area contributed by atoms with E-state index >= 15 is 0 Å². The minimum absolute atomic E-state index is 0.380. The van der Waals surface area contributed by atoms with Gasteiger partial charge in [-0.3, -0.25) is 9.59 Å². The van der Waals surface area contributed by atoms with Crippen molar-refractivity contribution in [3.05, 3.63) is 0 Å². The molecule has 0 aromatic heterocycles. The van der Waals surface area contributed by atoms with E-state index < -0.39 is 17.3 Å². The molecule has 2 N–H and O–H groups in total. The number of aliphatic carboxylic acids is 1. The van der Waals surface area contributed by atoms with E-state index in [4.69, 9.17) is 5.11 Å². The Balaban J connectivity index is 4.13. The molecule has 0 heterocycles. The van der Waals surface area contributed by atoms with Crippen LogP contribution in [-0.2, 0) is 9.59 Å². The van der Waals surface area contributed by atoms with Crippen LogP contribution in [0.15, 0.2) is 0 Å². The van der Waals surface area contributed by atoms with Crippen LogP contribution in [0.1, 0.15) is 33.6 Å². The van der Waals surface area contributed by atoms with Gasteiger partial charge in [0.15, 0.2) is 0 Å². The molecule has 1 atom stereocenters. The zero-order valence-electron chi connectivity index (χ0n) is 11.1. The van der Waals surface area contributed by atoms with Crippen LogP contribution >= 0.6 is 11.8 Å².